The zero-order valence-electron chi connectivity index (χ0n) is 31.1. The Labute approximate surface area is 330 Å². The van der Waals surface area contributed by atoms with Crippen molar-refractivity contribution in [1.82, 2.24) is 14.0 Å². The van der Waals surface area contributed by atoms with Gasteiger partial charge in [0.25, 0.3) is 0 Å². The van der Waals surface area contributed by atoms with Gasteiger partial charge in [-0.2, -0.15) is 0 Å². The first-order valence-electron chi connectivity index (χ1n) is 20.0. The van der Waals surface area contributed by atoms with Crippen LogP contribution in [0.3, 0.4) is 0 Å². The quantitative estimate of drug-likeness (QED) is 0.162. The Morgan fingerprint density at radius 2 is 1.04 bits per heavy atom. The Kier molecular flexibility index (Phi) is 6.31. The summed E-state index contributed by atoms with van der Waals surface area (Å²) < 4.78 is 4.92. The highest BCUT2D eigenvalue weighted by atomic mass is 15.5. The van der Waals surface area contributed by atoms with Crippen molar-refractivity contribution < 1.29 is 0 Å². The fourth-order valence-electron chi connectivity index (χ4n) is 10.6. The number of nitrogens with zero attached hydrogens (tertiary/aromatic N) is 4. The summed E-state index contributed by atoms with van der Waals surface area (Å²) in [7, 11) is 0. The van der Waals surface area contributed by atoms with Gasteiger partial charge in [0, 0.05) is 33.8 Å². The molecule has 10 aromatic rings. The third kappa shape index (κ3) is 4.17. The first-order valence-corrected chi connectivity index (χ1v) is 20.0. The number of para-hydroxylation sites is 3. The Morgan fingerprint density at radius 3 is 1.74 bits per heavy atom. The number of hydrogen-bond acceptors (Lipinski definition) is 2. The van der Waals surface area contributed by atoms with Crippen molar-refractivity contribution in [3.8, 4) is 16.8 Å². The minimum Gasteiger partial charge on any atom is -0.309 e. The summed E-state index contributed by atoms with van der Waals surface area (Å²) in [5.74, 6) is 0. The Hall–Kier alpha value is -7.01. The molecule has 3 unspecified atom stereocenters. The Morgan fingerprint density at radius 1 is 0.456 bits per heavy atom. The maximum atomic E-state index is 5.65. The molecule has 4 heteroatoms. The van der Waals surface area contributed by atoms with E-state index >= 15 is 0 Å². The highest BCUT2D eigenvalue weighted by Crippen LogP contribution is 2.56. The molecule has 3 aliphatic rings. The van der Waals surface area contributed by atoms with E-state index in [9.17, 15) is 0 Å². The predicted octanol–water partition coefficient (Wildman–Crippen LogP) is 11.9. The second-order valence-electron chi connectivity index (χ2n) is 15.8. The summed E-state index contributed by atoms with van der Waals surface area (Å²) in [4.78, 5) is 8.20. The van der Waals surface area contributed by atoms with E-state index in [1.165, 1.54) is 88.3 Å². The van der Waals surface area contributed by atoms with Crippen LogP contribution < -0.4 is 0 Å². The summed E-state index contributed by atoms with van der Waals surface area (Å²) >= 11 is 0. The van der Waals surface area contributed by atoms with Crippen LogP contribution in [0.25, 0.3) is 60.4 Å². The van der Waals surface area contributed by atoms with Crippen molar-refractivity contribution in [2.75, 3.05) is 6.54 Å². The van der Waals surface area contributed by atoms with E-state index in [1.807, 2.05) is 0 Å². The number of fused-ring (bicyclic) bond motifs is 10. The molecule has 0 radical (unpaired) electrons. The van der Waals surface area contributed by atoms with Gasteiger partial charge in [-0.1, -0.05) is 158 Å². The third-order valence-electron chi connectivity index (χ3n) is 13.0. The lowest BCUT2D eigenvalue weighted by Crippen LogP contribution is -2.28. The Bertz CT molecular complexity index is 3210. The van der Waals surface area contributed by atoms with Gasteiger partial charge >= 0.3 is 0 Å². The summed E-state index contributed by atoms with van der Waals surface area (Å²) in [6.07, 6.45) is -0.143. The van der Waals surface area contributed by atoms with Crippen LogP contribution in [-0.2, 0) is 5.41 Å². The molecule has 4 nitrogen and oxygen atoms in total. The molecule has 4 heterocycles. The predicted molar refractivity (Wildman–Crippen MR) is 234 cm³/mol. The van der Waals surface area contributed by atoms with Crippen LogP contribution in [-0.4, -0.2) is 32.3 Å². The third-order valence-corrected chi connectivity index (χ3v) is 13.0. The standard InChI is InChI=1S/C53H36N4/c1-2-16-35(17-3-1)53(44-24-9-4-19-38(44)39-20-5-10-25-45(39)53)36-29-30-43-42-23-8-13-28-48(42)57(49(43)32-36)52-54-51(50-33-55(50)52)34-15-14-18-37(31-34)56-46-26-11-6-21-40(46)41-22-7-12-27-47(41)56/h1-32,50,52H,33H2. The maximum Gasteiger partial charge on any atom is 0.184 e. The summed E-state index contributed by atoms with van der Waals surface area (Å²) in [5.41, 5.74) is 15.7. The van der Waals surface area contributed by atoms with E-state index in [1.54, 1.807) is 0 Å². The van der Waals surface area contributed by atoms with Crippen LogP contribution in [0.1, 0.15) is 34.1 Å². The lowest BCUT2D eigenvalue weighted by atomic mass is 9.67. The first-order chi connectivity index (χ1) is 28.3. The van der Waals surface area contributed by atoms with Crippen LogP contribution >= 0.6 is 0 Å². The van der Waals surface area contributed by atoms with Crippen molar-refractivity contribution in [3.63, 3.8) is 0 Å². The highest BCUT2D eigenvalue weighted by Gasteiger charge is 2.51. The van der Waals surface area contributed by atoms with Crippen LogP contribution in [0.2, 0.25) is 0 Å². The average molecular weight is 729 g/mol. The molecule has 57 heavy (non-hydrogen) atoms. The zero-order chi connectivity index (χ0) is 37.2. The molecular weight excluding hydrogens is 693 g/mol. The van der Waals surface area contributed by atoms with E-state index in [2.05, 4.69) is 208 Å². The van der Waals surface area contributed by atoms with Gasteiger partial charge in [0.1, 0.15) is 0 Å². The van der Waals surface area contributed by atoms with Gasteiger partial charge in [0.15, 0.2) is 6.29 Å². The normalized spacial score (nSPS) is 18.9. The van der Waals surface area contributed by atoms with E-state index in [0.717, 1.165) is 12.2 Å². The van der Waals surface area contributed by atoms with E-state index in [-0.39, 0.29) is 12.3 Å². The largest absolute Gasteiger partial charge is 0.309 e. The van der Waals surface area contributed by atoms with Crippen molar-refractivity contribution in [1.29, 1.82) is 0 Å². The SMILES string of the molecule is c1ccc(C2(c3ccc4c5ccccc5n(C5N=C(c6cccc(-n7c8ccccc8c8ccccc87)c6)C6CN65)c4c3)c3ccccc3-c3ccccc32)cc1. The summed E-state index contributed by atoms with van der Waals surface area (Å²) in [5, 5.41) is 5.06. The topological polar surface area (TPSA) is 25.2 Å². The van der Waals surface area contributed by atoms with Gasteiger partial charge in [0.05, 0.1) is 39.2 Å². The fraction of sp³-hybridized carbons (Fsp3) is 0.0755. The molecule has 2 aliphatic heterocycles. The number of rotatable bonds is 5. The van der Waals surface area contributed by atoms with E-state index < -0.39 is 5.41 Å². The molecule has 8 aromatic carbocycles. The summed E-state index contributed by atoms with van der Waals surface area (Å²) in [6.45, 7) is 0.992. The zero-order valence-corrected chi connectivity index (χ0v) is 31.1. The molecule has 268 valence electrons. The first kappa shape index (κ1) is 31.2. The van der Waals surface area contributed by atoms with E-state index in [4.69, 9.17) is 4.99 Å². The maximum absolute atomic E-state index is 5.65. The second kappa shape index (κ2) is 11.5. The minimum absolute atomic E-state index is 0.143. The van der Waals surface area contributed by atoms with Gasteiger partial charge in [-0.05, 0) is 75.3 Å². The van der Waals surface area contributed by atoms with Crippen molar-refractivity contribution >= 4 is 49.3 Å². The molecule has 2 aromatic heterocycles. The fourth-order valence-corrected chi connectivity index (χ4v) is 10.6. The lowest BCUT2D eigenvalue weighted by Gasteiger charge is -2.34. The molecular formula is C53H36N4. The molecule has 0 saturated carbocycles. The molecule has 3 atom stereocenters. The lowest BCUT2D eigenvalue weighted by molar-refractivity contribution is 0.340. The number of aliphatic imine (C=N–C) groups is 1. The Balaban J connectivity index is 1.01. The number of benzene rings is 8. The molecule has 0 bridgehead atoms. The summed E-state index contributed by atoms with van der Waals surface area (Å²) in [6, 6.07) is 72.0. The van der Waals surface area contributed by atoms with Gasteiger partial charge in [-0.25, -0.2) is 4.99 Å². The van der Waals surface area contributed by atoms with Crippen molar-refractivity contribution in [2.24, 2.45) is 4.99 Å². The van der Waals surface area contributed by atoms with Crippen LogP contribution in [0.5, 0.6) is 0 Å². The van der Waals surface area contributed by atoms with Gasteiger partial charge in [-0.3, -0.25) is 4.90 Å². The molecule has 1 aliphatic carbocycles. The average Bonchev–Trinajstić information content (AvgIpc) is 3.57. The smallest absolute Gasteiger partial charge is 0.184 e. The number of aromatic nitrogens is 2. The monoisotopic (exact) mass is 728 g/mol. The molecule has 0 spiro atoms. The minimum atomic E-state index is -0.469. The molecule has 0 amide bonds. The highest BCUT2D eigenvalue weighted by molar-refractivity contribution is 6.12. The molecule has 1 fully saturated rings. The molecule has 13 rings (SSSR count). The van der Waals surface area contributed by atoms with Crippen molar-refractivity contribution in [2.45, 2.75) is 17.7 Å². The van der Waals surface area contributed by atoms with Gasteiger partial charge < -0.3 is 9.13 Å². The molecule has 1 saturated heterocycles. The van der Waals surface area contributed by atoms with Crippen LogP contribution in [0.15, 0.2) is 199 Å². The van der Waals surface area contributed by atoms with E-state index in [0.29, 0.717) is 0 Å². The van der Waals surface area contributed by atoms with Gasteiger partial charge in [0.2, 0.25) is 0 Å². The number of hydrogen-bond donors (Lipinski definition) is 0. The van der Waals surface area contributed by atoms with Crippen LogP contribution in [0.4, 0.5) is 0 Å². The van der Waals surface area contributed by atoms with Crippen molar-refractivity contribution in [3.05, 3.63) is 222 Å². The van der Waals surface area contributed by atoms with Gasteiger partial charge in [-0.15, -0.1) is 0 Å². The molecule has 0 N–H and O–H groups in total. The van der Waals surface area contributed by atoms with Crippen LogP contribution in [0, 0.1) is 0 Å². The second-order valence-corrected chi connectivity index (χ2v) is 15.8.